The Kier molecular flexibility index (Phi) is 5.21. The van der Waals surface area contributed by atoms with Crippen LogP contribution in [0.4, 0.5) is 4.39 Å². The molecule has 0 radical (unpaired) electrons. The molecule has 0 fully saturated rings. The number of Topliss-reactive ketones (excluding diaryl/α,β-unsaturated/α-hetero) is 1. The van der Waals surface area contributed by atoms with Gasteiger partial charge in [0.25, 0.3) is 0 Å². The average Bonchev–Trinajstić information content (AvgIpc) is 2.32. The lowest BCUT2D eigenvalue weighted by atomic mass is 9.87. The summed E-state index contributed by atoms with van der Waals surface area (Å²) in [4.78, 5) is 24.1. The minimum Gasteiger partial charge on any atom is -0.465 e. The number of benzene rings is 1. The summed E-state index contributed by atoms with van der Waals surface area (Å²) in [7, 11) is 0. The van der Waals surface area contributed by atoms with Crippen molar-refractivity contribution in [1.29, 1.82) is 0 Å². The Morgan fingerprint density at radius 1 is 1.32 bits per heavy atom. The first-order valence-electron chi connectivity index (χ1n) is 6.35. The summed E-state index contributed by atoms with van der Waals surface area (Å²) >= 11 is 0. The standard InChI is InChI=1S/C15H19FO3/c1-5-19-15(18)13(9(2)3)14(17)11-7-6-10(4)12(16)8-11/h6-9,13H,5H2,1-4H3. The van der Waals surface area contributed by atoms with Gasteiger partial charge < -0.3 is 4.74 Å². The molecule has 104 valence electrons. The van der Waals surface area contributed by atoms with Gasteiger partial charge in [-0.1, -0.05) is 26.0 Å². The molecule has 0 aliphatic heterocycles. The molecule has 0 amide bonds. The smallest absolute Gasteiger partial charge is 0.317 e. The quantitative estimate of drug-likeness (QED) is 0.467. The fourth-order valence-corrected chi connectivity index (χ4v) is 1.84. The van der Waals surface area contributed by atoms with Crippen molar-refractivity contribution < 1.29 is 18.7 Å². The van der Waals surface area contributed by atoms with Gasteiger partial charge in [-0.25, -0.2) is 4.39 Å². The van der Waals surface area contributed by atoms with Gasteiger partial charge in [-0.05, 0) is 31.4 Å². The molecule has 0 aromatic heterocycles. The van der Waals surface area contributed by atoms with Crippen molar-refractivity contribution in [2.75, 3.05) is 6.61 Å². The topological polar surface area (TPSA) is 43.4 Å². The van der Waals surface area contributed by atoms with Crippen LogP contribution in [0.5, 0.6) is 0 Å². The third-order valence-corrected chi connectivity index (χ3v) is 2.95. The van der Waals surface area contributed by atoms with Gasteiger partial charge in [0.05, 0.1) is 6.61 Å². The molecular weight excluding hydrogens is 247 g/mol. The second-order valence-electron chi connectivity index (χ2n) is 4.80. The van der Waals surface area contributed by atoms with E-state index >= 15 is 0 Å². The predicted octanol–water partition coefficient (Wildman–Crippen LogP) is 3.15. The van der Waals surface area contributed by atoms with Crippen molar-refractivity contribution in [3.05, 3.63) is 35.1 Å². The van der Waals surface area contributed by atoms with E-state index in [9.17, 15) is 14.0 Å². The fraction of sp³-hybridized carbons (Fsp3) is 0.467. The Hall–Kier alpha value is -1.71. The zero-order valence-electron chi connectivity index (χ0n) is 11.7. The molecule has 4 heteroatoms. The maximum absolute atomic E-state index is 13.5. The highest BCUT2D eigenvalue weighted by molar-refractivity contribution is 6.08. The lowest BCUT2D eigenvalue weighted by Crippen LogP contribution is -2.30. The zero-order chi connectivity index (χ0) is 14.6. The van der Waals surface area contributed by atoms with Crippen LogP contribution in [0.15, 0.2) is 18.2 Å². The highest BCUT2D eigenvalue weighted by Crippen LogP contribution is 2.20. The maximum Gasteiger partial charge on any atom is 0.317 e. The summed E-state index contributed by atoms with van der Waals surface area (Å²) in [6.07, 6.45) is 0. The number of esters is 1. The number of ketones is 1. The molecule has 0 spiro atoms. The first-order valence-corrected chi connectivity index (χ1v) is 6.35. The Bertz CT molecular complexity index is 480. The van der Waals surface area contributed by atoms with Gasteiger partial charge in [-0.15, -0.1) is 0 Å². The number of carbonyl (C=O) groups is 2. The van der Waals surface area contributed by atoms with Gasteiger partial charge in [0.2, 0.25) is 0 Å². The molecule has 0 saturated heterocycles. The van der Waals surface area contributed by atoms with Crippen molar-refractivity contribution >= 4 is 11.8 Å². The number of hydrogen-bond acceptors (Lipinski definition) is 3. The third kappa shape index (κ3) is 3.63. The van der Waals surface area contributed by atoms with E-state index in [1.807, 2.05) is 0 Å². The SMILES string of the molecule is CCOC(=O)C(C(=O)c1ccc(C)c(F)c1)C(C)C. The van der Waals surface area contributed by atoms with E-state index in [-0.39, 0.29) is 18.1 Å². The van der Waals surface area contributed by atoms with E-state index in [1.165, 1.54) is 18.2 Å². The molecule has 19 heavy (non-hydrogen) atoms. The maximum atomic E-state index is 13.5. The zero-order valence-corrected chi connectivity index (χ0v) is 11.7. The number of carbonyl (C=O) groups excluding carboxylic acids is 2. The first kappa shape index (κ1) is 15.3. The fourth-order valence-electron chi connectivity index (χ4n) is 1.84. The molecule has 1 unspecified atom stereocenters. The highest BCUT2D eigenvalue weighted by atomic mass is 19.1. The summed E-state index contributed by atoms with van der Waals surface area (Å²) in [6, 6.07) is 4.24. The largest absolute Gasteiger partial charge is 0.465 e. The molecule has 1 rings (SSSR count). The lowest BCUT2D eigenvalue weighted by Gasteiger charge is -2.18. The van der Waals surface area contributed by atoms with Crippen LogP contribution in [0.1, 0.15) is 36.7 Å². The normalized spacial score (nSPS) is 12.3. The molecular formula is C15H19FO3. The molecule has 0 aliphatic carbocycles. The summed E-state index contributed by atoms with van der Waals surface area (Å²) in [5, 5.41) is 0. The molecule has 1 aromatic rings. The van der Waals surface area contributed by atoms with Crippen LogP contribution in [0.3, 0.4) is 0 Å². The summed E-state index contributed by atoms with van der Waals surface area (Å²) in [5.41, 5.74) is 0.670. The lowest BCUT2D eigenvalue weighted by molar-refractivity contribution is -0.147. The minimum absolute atomic E-state index is 0.198. The number of halogens is 1. The van der Waals surface area contributed by atoms with Gasteiger partial charge in [0.1, 0.15) is 11.7 Å². The summed E-state index contributed by atoms with van der Waals surface area (Å²) in [6.45, 7) is 7.06. The first-order chi connectivity index (χ1) is 8.88. The molecule has 1 atom stereocenters. The summed E-state index contributed by atoms with van der Waals surface area (Å²) in [5.74, 6) is -2.48. The Labute approximate surface area is 112 Å². The van der Waals surface area contributed by atoms with Crippen molar-refractivity contribution in [2.45, 2.75) is 27.7 Å². The number of rotatable bonds is 5. The van der Waals surface area contributed by atoms with Crippen molar-refractivity contribution in [3.8, 4) is 0 Å². The van der Waals surface area contributed by atoms with Gasteiger partial charge in [0.15, 0.2) is 5.78 Å². The Morgan fingerprint density at radius 2 is 1.95 bits per heavy atom. The van der Waals surface area contributed by atoms with Crippen LogP contribution in [0.25, 0.3) is 0 Å². The second-order valence-corrected chi connectivity index (χ2v) is 4.80. The molecule has 0 aliphatic rings. The number of hydrogen-bond donors (Lipinski definition) is 0. The van der Waals surface area contributed by atoms with Crippen LogP contribution >= 0.6 is 0 Å². The molecule has 0 N–H and O–H groups in total. The van der Waals surface area contributed by atoms with Crippen LogP contribution in [-0.2, 0) is 9.53 Å². The Morgan fingerprint density at radius 3 is 2.42 bits per heavy atom. The van der Waals surface area contributed by atoms with Gasteiger partial charge in [0, 0.05) is 5.56 Å². The minimum atomic E-state index is -0.887. The van der Waals surface area contributed by atoms with Gasteiger partial charge >= 0.3 is 5.97 Å². The number of ether oxygens (including phenoxy) is 1. The Balaban J connectivity index is 3.05. The molecule has 0 bridgehead atoms. The molecule has 0 saturated carbocycles. The summed E-state index contributed by atoms with van der Waals surface area (Å²) < 4.78 is 18.4. The van der Waals surface area contributed by atoms with E-state index < -0.39 is 23.5 Å². The third-order valence-electron chi connectivity index (χ3n) is 2.95. The second kappa shape index (κ2) is 6.45. The van der Waals surface area contributed by atoms with Gasteiger partial charge in [-0.2, -0.15) is 0 Å². The predicted molar refractivity (Wildman–Crippen MR) is 70.4 cm³/mol. The average molecular weight is 266 g/mol. The molecule has 1 aromatic carbocycles. The van der Waals surface area contributed by atoms with Crippen molar-refractivity contribution in [2.24, 2.45) is 11.8 Å². The van der Waals surface area contributed by atoms with Crippen LogP contribution < -0.4 is 0 Å². The van der Waals surface area contributed by atoms with Crippen LogP contribution in [-0.4, -0.2) is 18.4 Å². The van der Waals surface area contributed by atoms with E-state index in [4.69, 9.17) is 4.74 Å². The monoisotopic (exact) mass is 266 g/mol. The molecule has 3 nitrogen and oxygen atoms in total. The van der Waals surface area contributed by atoms with Crippen molar-refractivity contribution in [1.82, 2.24) is 0 Å². The van der Waals surface area contributed by atoms with E-state index in [1.54, 1.807) is 27.7 Å². The molecule has 0 heterocycles. The van der Waals surface area contributed by atoms with E-state index in [2.05, 4.69) is 0 Å². The van der Waals surface area contributed by atoms with Crippen LogP contribution in [0, 0.1) is 24.6 Å². The van der Waals surface area contributed by atoms with E-state index in [0.717, 1.165) is 0 Å². The van der Waals surface area contributed by atoms with E-state index in [0.29, 0.717) is 5.56 Å². The number of aryl methyl sites for hydroxylation is 1. The highest BCUT2D eigenvalue weighted by Gasteiger charge is 2.32. The van der Waals surface area contributed by atoms with Gasteiger partial charge in [-0.3, -0.25) is 9.59 Å². The van der Waals surface area contributed by atoms with Crippen molar-refractivity contribution in [3.63, 3.8) is 0 Å². The van der Waals surface area contributed by atoms with Crippen LogP contribution in [0.2, 0.25) is 0 Å².